The zero-order valence-corrected chi connectivity index (χ0v) is 43.0. The van der Waals surface area contributed by atoms with Crippen molar-refractivity contribution >= 4 is 52.1 Å². The molecule has 72 heavy (non-hydrogen) atoms. The molecule has 3 aromatic carbocycles. The highest BCUT2D eigenvalue weighted by Gasteiger charge is 2.45. The number of carbonyl (C=O) groups excluding carboxylic acids is 3. The predicted molar refractivity (Wildman–Crippen MR) is 273 cm³/mol. The molecule has 2 unspecified atom stereocenters. The van der Waals surface area contributed by atoms with Gasteiger partial charge in [0.2, 0.25) is 17.7 Å². The van der Waals surface area contributed by atoms with Gasteiger partial charge in [-0.15, -0.1) is 32.9 Å². The number of ether oxygens (including phenoxy) is 2. The van der Waals surface area contributed by atoms with Gasteiger partial charge in [0.25, 0.3) is 0 Å². The summed E-state index contributed by atoms with van der Waals surface area (Å²) in [4.78, 5) is 66.0. The van der Waals surface area contributed by atoms with E-state index in [1.165, 1.54) is 4.90 Å². The third kappa shape index (κ3) is 10.9. The third-order valence-electron chi connectivity index (χ3n) is 13.0. The summed E-state index contributed by atoms with van der Waals surface area (Å²) in [6.45, 7) is 14.8. The molecule has 17 nitrogen and oxygen atoms in total. The van der Waals surface area contributed by atoms with Gasteiger partial charge in [0.15, 0.2) is 5.82 Å². The fourth-order valence-electron chi connectivity index (χ4n) is 9.03. The van der Waals surface area contributed by atoms with Crippen LogP contribution in [0, 0.1) is 44.4 Å². The second-order valence-electron chi connectivity index (χ2n) is 19.2. The molecule has 0 bridgehead atoms. The molecule has 3 amide bonds. The summed E-state index contributed by atoms with van der Waals surface area (Å²) < 4.78 is 13.5. The Bertz CT molecular complexity index is 3090. The number of carboxylic acids is 1. The van der Waals surface area contributed by atoms with Crippen LogP contribution in [0.25, 0.3) is 26.6 Å². The molecule has 0 spiro atoms. The molecule has 0 aliphatic carbocycles. The molecule has 374 valence electrons. The number of amides is 3. The van der Waals surface area contributed by atoms with Crippen molar-refractivity contribution in [2.24, 2.45) is 10.4 Å². The van der Waals surface area contributed by atoms with Gasteiger partial charge in [-0.3, -0.25) is 28.7 Å². The number of carboxylic acid groups (broad SMARTS) is 1. The third-order valence-corrected chi connectivity index (χ3v) is 15.1. The number of rotatable bonds is 16. The van der Waals surface area contributed by atoms with Crippen LogP contribution >= 0.6 is 22.7 Å². The minimum absolute atomic E-state index is 0.00150. The summed E-state index contributed by atoms with van der Waals surface area (Å²) in [7, 11) is 0. The van der Waals surface area contributed by atoms with Gasteiger partial charge in [0.1, 0.15) is 54.0 Å². The Hall–Kier alpha value is -7.11. The average molecular weight is 1010 g/mol. The van der Waals surface area contributed by atoms with Crippen molar-refractivity contribution in [3.8, 4) is 38.4 Å². The van der Waals surface area contributed by atoms with Crippen LogP contribution in [0.4, 0.5) is 0 Å². The van der Waals surface area contributed by atoms with E-state index in [1.807, 2.05) is 115 Å². The van der Waals surface area contributed by atoms with E-state index in [0.29, 0.717) is 28.7 Å². The number of thiazole rings is 1. The van der Waals surface area contributed by atoms with Crippen molar-refractivity contribution in [2.75, 3.05) is 26.4 Å². The van der Waals surface area contributed by atoms with Gasteiger partial charge in [-0.2, -0.15) is 5.26 Å². The number of benzene rings is 3. The Morgan fingerprint density at radius 3 is 2.29 bits per heavy atom. The molecule has 2 aliphatic rings. The molecule has 2 aliphatic heterocycles. The summed E-state index contributed by atoms with van der Waals surface area (Å²) in [5, 5.41) is 45.9. The van der Waals surface area contributed by atoms with Crippen molar-refractivity contribution in [1.29, 1.82) is 5.26 Å². The summed E-state index contributed by atoms with van der Waals surface area (Å²) in [6, 6.07) is 20.0. The number of nitrogens with zero attached hydrogens (tertiary/aromatic N) is 7. The number of aliphatic hydroxyl groups excluding tert-OH is 1. The minimum atomic E-state index is -1.03. The van der Waals surface area contributed by atoms with Crippen LogP contribution in [0.5, 0.6) is 5.75 Å². The number of thiophene rings is 1. The highest BCUT2D eigenvalue weighted by atomic mass is 32.1. The maximum Gasteiger partial charge on any atom is 0.306 e. The Morgan fingerprint density at radius 1 is 0.931 bits per heavy atom. The first-order valence-corrected chi connectivity index (χ1v) is 25.3. The van der Waals surface area contributed by atoms with Gasteiger partial charge < -0.3 is 35.2 Å². The van der Waals surface area contributed by atoms with E-state index >= 15 is 0 Å². The highest BCUT2D eigenvalue weighted by Crippen LogP contribution is 2.40. The molecule has 8 rings (SSSR count). The van der Waals surface area contributed by atoms with Gasteiger partial charge in [-0.1, -0.05) is 75.4 Å². The SMILES string of the molecule is Cc1ncsc1-c1ccc(C(C)NC(=O)[C@@H]2C[C@@H](O)CN2C(=O)C(NC(=O)COCCOc2ccc(-c3ccc(C4=N[C@@H](CC(=O)O)c5nnc(C)n5-c5sc(C)c(C)c54)cc3)cc2C#N)C(C)(C)C)cc1. The van der Waals surface area contributed by atoms with Crippen LogP contribution in [0.2, 0.25) is 0 Å². The van der Waals surface area contributed by atoms with Crippen molar-refractivity contribution in [3.05, 3.63) is 122 Å². The normalized spacial score (nSPS) is 17.2. The number of aryl methyl sites for hydroxylation is 3. The molecular weight excluding hydrogens is 955 g/mol. The van der Waals surface area contributed by atoms with Crippen LogP contribution in [-0.4, -0.2) is 109 Å². The van der Waals surface area contributed by atoms with Gasteiger partial charge in [-0.05, 0) is 80.0 Å². The average Bonchev–Trinajstić information content (AvgIpc) is 4.12. The van der Waals surface area contributed by atoms with E-state index < -0.39 is 53.3 Å². The summed E-state index contributed by atoms with van der Waals surface area (Å²) >= 11 is 3.15. The number of aliphatic carboxylic acids is 1. The number of aliphatic hydroxyl groups is 1. The zero-order chi connectivity index (χ0) is 51.6. The van der Waals surface area contributed by atoms with E-state index in [9.17, 15) is 34.7 Å². The molecule has 5 atom stereocenters. The minimum Gasteiger partial charge on any atom is -0.490 e. The number of nitrogens with one attached hydrogen (secondary N) is 2. The number of β-amino-alcohol motifs (C(OH)–C–C–N with tert-alkyl or cyclic N) is 1. The molecule has 19 heteroatoms. The number of likely N-dealkylation sites (tertiary alicyclic amines) is 1. The molecule has 4 N–H and O–H groups in total. The van der Waals surface area contributed by atoms with E-state index in [2.05, 4.69) is 31.9 Å². The van der Waals surface area contributed by atoms with Crippen LogP contribution in [0.15, 0.2) is 77.2 Å². The molecule has 1 fully saturated rings. The van der Waals surface area contributed by atoms with Crippen molar-refractivity contribution in [2.45, 2.75) is 98.5 Å². The van der Waals surface area contributed by atoms with Crippen molar-refractivity contribution in [3.63, 3.8) is 0 Å². The molecule has 0 saturated carbocycles. The Morgan fingerprint density at radius 2 is 1.62 bits per heavy atom. The number of aromatic nitrogens is 4. The van der Waals surface area contributed by atoms with E-state index in [1.54, 1.807) is 40.3 Å². The Labute approximate surface area is 425 Å². The topological polar surface area (TPSA) is 234 Å². The maximum absolute atomic E-state index is 14.2. The van der Waals surface area contributed by atoms with Gasteiger partial charge in [0.05, 0.1) is 52.5 Å². The summed E-state index contributed by atoms with van der Waals surface area (Å²) in [6.07, 6.45) is -1.10. The number of aliphatic imine (C=N–C) groups is 1. The Balaban J connectivity index is 0.855. The Kier molecular flexibility index (Phi) is 15.2. The summed E-state index contributed by atoms with van der Waals surface area (Å²) in [5.41, 5.74) is 9.23. The number of hydrogen-bond acceptors (Lipinski definition) is 14. The van der Waals surface area contributed by atoms with E-state index in [4.69, 9.17) is 14.5 Å². The quantitative estimate of drug-likeness (QED) is 0.0697. The predicted octanol–water partition coefficient (Wildman–Crippen LogP) is 7.36. The van der Waals surface area contributed by atoms with Crippen LogP contribution in [0.1, 0.15) is 103 Å². The molecular formula is C53H57N9O8S2. The lowest BCUT2D eigenvalue weighted by molar-refractivity contribution is -0.144. The lowest BCUT2D eigenvalue weighted by Gasteiger charge is -2.35. The lowest BCUT2D eigenvalue weighted by Crippen LogP contribution is -2.58. The molecule has 3 aromatic heterocycles. The first kappa shape index (κ1) is 51.3. The zero-order valence-electron chi connectivity index (χ0n) is 41.3. The number of nitriles is 1. The molecule has 5 heterocycles. The molecule has 6 aromatic rings. The van der Waals surface area contributed by atoms with Crippen LogP contribution in [-0.2, 0) is 23.9 Å². The largest absolute Gasteiger partial charge is 0.490 e. The van der Waals surface area contributed by atoms with Gasteiger partial charge >= 0.3 is 5.97 Å². The number of hydrogen-bond donors (Lipinski definition) is 4. The van der Waals surface area contributed by atoms with E-state index in [0.717, 1.165) is 59.4 Å². The van der Waals surface area contributed by atoms with Crippen LogP contribution < -0.4 is 15.4 Å². The van der Waals surface area contributed by atoms with Gasteiger partial charge in [-0.25, -0.2) is 4.98 Å². The van der Waals surface area contributed by atoms with Gasteiger partial charge in [0, 0.05) is 29.0 Å². The fraction of sp³-hybridized carbons (Fsp3) is 0.377. The molecule has 0 radical (unpaired) electrons. The first-order chi connectivity index (χ1) is 34.3. The van der Waals surface area contributed by atoms with Crippen molar-refractivity contribution in [1.82, 2.24) is 35.3 Å². The fourth-order valence-corrected chi connectivity index (χ4v) is 11.1. The standard InChI is InChI=1S/C53H57N9O8S2/c1-28-31(4)72-52-45(28)46(57-40(23-44(65)66)49-60-59-32(5)62(49)52)35-13-11-34(12-14-35)37-17-18-42(38(21-37)24-54)70-20-19-69-26-43(64)58-48(53(6,7)8)51(68)61-25-39(63)22-41(61)50(67)56-29(2)33-9-15-36(16-10-33)47-30(3)55-27-71-47/h9-18,21,27,29,39-41,48,63H,19-20,22-23,25-26H2,1-8H3,(H,56,67)(H,58,64)(H,65,66)/t29?,39-,40+,41+,48?/m1/s1. The molecule has 1 saturated heterocycles. The van der Waals surface area contributed by atoms with E-state index in [-0.39, 0.29) is 45.2 Å². The van der Waals surface area contributed by atoms with Crippen molar-refractivity contribution < 1.29 is 38.9 Å². The second kappa shape index (κ2) is 21.3. The lowest BCUT2D eigenvalue weighted by atomic mass is 9.85. The highest BCUT2D eigenvalue weighted by molar-refractivity contribution is 7.15. The number of fused-ring (bicyclic) bond motifs is 3. The second-order valence-corrected chi connectivity index (χ2v) is 21.2. The van der Waals surface area contributed by atoms with Crippen LogP contribution in [0.3, 0.4) is 0 Å². The smallest absolute Gasteiger partial charge is 0.306 e. The maximum atomic E-state index is 14.2. The monoisotopic (exact) mass is 1010 g/mol. The summed E-state index contributed by atoms with van der Waals surface area (Å²) in [5.74, 6) is -0.961. The number of carbonyl (C=O) groups is 4. The first-order valence-electron chi connectivity index (χ1n) is 23.6.